The van der Waals surface area contributed by atoms with Crippen LogP contribution in [0.2, 0.25) is 0 Å². The Balaban J connectivity index is 1.53. The van der Waals surface area contributed by atoms with E-state index in [1.54, 1.807) is 20.1 Å². The van der Waals surface area contributed by atoms with Crippen molar-refractivity contribution >= 4 is 28.7 Å². The molecular weight excluding hydrogens is 366 g/mol. The van der Waals surface area contributed by atoms with Gasteiger partial charge in [-0.25, -0.2) is 4.79 Å². The number of nitrogens with one attached hydrogen (secondary N) is 1. The summed E-state index contributed by atoms with van der Waals surface area (Å²) in [7, 11) is 1.60. The van der Waals surface area contributed by atoms with Gasteiger partial charge < -0.3 is 14.8 Å². The molecule has 3 aromatic rings. The van der Waals surface area contributed by atoms with Gasteiger partial charge in [0.05, 0.1) is 7.11 Å². The number of rotatable bonds is 7. The number of amides is 1. The normalized spacial score (nSPS) is 11.9. The molecule has 0 bridgehead atoms. The third-order valence-corrected chi connectivity index (χ3v) is 4.51. The van der Waals surface area contributed by atoms with Gasteiger partial charge in [-0.05, 0) is 47.0 Å². The summed E-state index contributed by atoms with van der Waals surface area (Å²) in [6, 6.07) is 20.3. The van der Waals surface area contributed by atoms with Crippen molar-refractivity contribution in [1.82, 2.24) is 5.32 Å². The lowest BCUT2D eigenvalue weighted by atomic mass is 10.1. The van der Waals surface area contributed by atoms with Crippen LogP contribution in [0.1, 0.15) is 18.1 Å². The van der Waals surface area contributed by atoms with Crippen molar-refractivity contribution < 1.29 is 19.1 Å². The largest absolute Gasteiger partial charge is 0.497 e. The Labute approximate surface area is 170 Å². The van der Waals surface area contributed by atoms with E-state index in [1.807, 2.05) is 66.7 Å². The van der Waals surface area contributed by atoms with Crippen LogP contribution >= 0.6 is 0 Å². The molecule has 1 atom stereocenters. The SMILES string of the molecule is COc1ccc(/C=C/C(=O)N[C@@H](C)C(=O)OCc2cccc3ccccc23)cc1. The maximum atomic E-state index is 12.3. The predicted octanol–water partition coefficient (Wildman–Crippen LogP) is 4.11. The number of carbonyl (C=O) groups is 2. The summed E-state index contributed by atoms with van der Waals surface area (Å²) in [4.78, 5) is 24.3. The van der Waals surface area contributed by atoms with E-state index in [2.05, 4.69) is 5.32 Å². The molecule has 0 fully saturated rings. The topological polar surface area (TPSA) is 64.6 Å². The van der Waals surface area contributed by atoms with Crippen molar-refractivity contribution in [1.29, 1.82) is 0 Å². The van der Waals surface area contributed by atoms with Crippen LogP contribution in [0.5, 0.6) is 5.75 Å². The van der Waals surface area contributed by atoms with Gasteiger partial charge in [-0.2, -0.15) is 0 Å². The van der Waals surface area contributed by atoms with Crippen LogP contribution in [0.25, 0.3) is 16.8 Å². The first-order valence-corrected chi connectivity index (χ1v) is 9.33. The van der Waals surface area contributed by atoms with E-state index in [4.69, 9.17) is 9.47 Å². The maximum Gasteiger partial charge on any atom is 0.328 e. The minimum absolute atomic E-state index is 0.155. The Hall–Kier alpha value is -3.60. The van der Waals surface area contributed by atoms with Crippen LogP contribution in [0, 0.1) is 0 Å². The van der Waals surface area contributed by atoms with E-state index in [1.165, 1.54) is 6.08 Å². The first-order valence-electron chi connectivity index (χ1n) is 9.33. The zero-order chi connectivity index (χ0) is 20.6. The second kappa shape index (κ2) is 9.55. The fourth-order valence-electron chi connectivity index (χ4n) is 2.90. The Morgan fingerprint density at radius 3 is 2.48 bits per heavy atom. The zero-order valence-electron chi connectivity index (χ0n) is 16.4. The molecule has 5 heteroatoms. The summed E-state index contributed by atoms with van der Waals surface area (Å²) >= 11 is 0. The van der Waals surface area contributed by atoms with Gasteiger partial charge in [0.15, 0.2) is 0 Å². The van der Waals surface area contributed by atoms with Gasteiger partial charge in [0, 0.05) is 6.08 Å². The maximum absolute atomic E-state index is 12.3. The number of esters is 1. The number of ether oxygens (including phenoxy) is 2. The zero-order valence-corrected chi connectivity index (χ0v) is 16.4. The molecule has 0 aliphatic rings. The molecule has 0 radical (unpaired) electrons. The molecule has 3 rings (SSSR count). The number of fused-ring (bicyclic) bond motifs is 1. The average Bonchev–Trinajstić information content (AvgIpc) is 2.76. The van der Waals surface area contributed by atoms with E-state index < -0.39 is 12.0 Å². The van der Waals surface area contributed by atoms with Crippen molar-refractivity contribution in [3.63, 3.8) is 0 Å². The molecule has 29 heavy (non-hydrogen) atoms. The van der Waals surface area contributed by atoms with Crippen LogP contribution in [0.15, 0.2) is 72.8 Å². The molecule has 0 aliphatic heterocycles. The van der Waals surface area contributed by atoms with Gasteiger partial charge in [0.25, 0.3) is 0 Å². The molecule has 148 valence electrons. The predicted molar refractivity (Wildman–Crippen MR) is 113 cm³/mol. The number of carbonyl (C=O) groups excluding carboxylic acids is 2. The fourth-order valence-corrected chi connectivity index (χ4v) is 2.90. The van der Waals surface area contributed by atoms with E-state index in [9.17, 15) is 9.59 Å². The smallest absolute Gasteiger partial charge is 0.328 e. The van der Waals surface area contributed by atoms with Crippen LogP contribution in [-0.2, 0) is 20.9 Å². The molecule has 0 saturated heterocycles. The highest BCUT2D eigenvalue weighted by Gasteiger charge is 2.16. The van der Waals surface area contributed by atoms with Gasteiger partial charge in [0.1, 0.15) is 18.4 Å². The summed E-state index contributed by atoms with van der Waals surface area (Å²) < 4.78 is 10.5. The number of hydrogen-bond acceptors (Lipinski definition) is 4. The quantitative estimate of drug-likeness (QED) is 0.488. The van der Waals surface area contributed by atoms with Crippen LogP contribution in [0.4, 0.5) is 0 Å². The minimum Gasteiger partial charge on any atom is -0.497 e. The molecule has 0 aliphatic carbocycles. The van der Waals surface area contributed by atoms with E-state index in [0.717, 1.165) is 27.6 Å². The highest BCUT2D eigenvalue weighted by Crippen LogP contribution is 2.19. The second-order valence-electron chi connectivity index (χ2n) is 6.58. The summed E-state index contributed by atoms with van der Waals surface area (Å²) in [6.07, 6.45) is 3.05. The molecule has 3 aromatic carbocycles. The molecule has 0 saturated carbocycles. The summed E-state index contributed by atoms with van der Waals surface area (Å²) in [6.45, 7) is 1.76. The average molecular weight is 389 g/mol. The Morgan fingerprint density at radius 2 is 1.72 bits per heavy atom. The standard InChI is InChI=1S/C24H23NO4/c1-17(25-23(26)15-12-18-10-13-21(28-2)14-11-18)24(27)29-16-20-8-5-7-19-6-3-4-9-22(19)20/h3-15,17H,16H2,1-2H3,(H,25,26)/b15-12+/t17-/m0/s1. The van der Waals surface area contributed by atoms with Crippen molar-refractivity contribution in [3.05, 3.63) is 83.9 Å². The summed E-state index contributed by atoms with van der Waals surface area (Å²) in [5, 5.41) is 4.75. The molecule has 0 spiro atoms. The lowest BCUT2D eigenvalue weighted by Gasteiger charge is -2.13. The lowest BCUT2D eigenvalue weighted by Crippen LogP contribution is -2.38. The van der Waals surface area contributed by atoms with Crippen molar-refractivity contribution in [3.8, 4) is 5.75 Å². The molecule has 1 N–H and O–H groups in total. The highest BCUT2D eigenvalue weighted by molar-refractivity contribution is 5.94. The summed E-state index contributed by atoms with van der Waals surface area (Å²) in [5.74, 6) is -0.103. The third-order valence-electron chi connectivity index (χ3n) is 4.51. The number of methoxy groups -OCH3 is 1. The summed E-state index contributed by atoms with van der Waals surface area (Å²) in [5.41, 5.74) is 1.78. The molecule has 0 aromatic heterocycles. The van der Waals surface area contributed by atoms with E-state index >= 15 is 0 Å². The van der Waals surface area contributed by atoms with Crippen LogP contribution in [0.3, 0.4) is 0 Å². The van der Waals surface area contributed by atoms with E-state index in [0.29, 0.717) is 0 Å². The molecule has 1 amide bonds. The van der Waals surface area contributed by atoms with Crippen LogP contribution in [-0.4, -0.2) is 25.0 Å². The monoisotopic (exact) mass is 389 g/mol. The van der Waals surface area contributed by atoms with Gasteiger partial charge >= 0.3 is 5.97 Å². The highest BCUT2D eigenvalue weighted by atomic mass is 16.5. The fraction of sp³-hybridized carbons (Fsp3) is 0.167. The molecule has 0 heterocycles. The molecular formula is C24H23NO4. The van der Waals surface area contributed by atoms with Crippen molar-refractivity contribution in [2.75, 3.05) is 7.11 Å². The lowest BCUT2D eigenvalue weighted by molar-refractivity contribution is -0.148. The van der Waals surface area contributed by atoms with E-state index in [-0.39, 0.29) is 12.5 Å². The first-order chi connectivity index (χ1) is 14.1. The first kappa shape index (κ1) is 20.1. The van der Waals surface area contributed by atoms with Crippen LogP contribution < -0.4 is 10.1 Å². The Morgan fingerprint density at radius 1 is 1.00 bits per heavy atom. The Kier molecular flexibility index (Phi) is 6.63. The number of benzene rings is 3. The van der Waals surface area contributed by atoms with Gasteiger partial charge in [0.2, 0.25) is 5.91 Å². The van der Waals surface area contributed by atoms with Crippen molar-refractivity contribution in [2.24, 2.45) is 0 Å². The molecule has 5 nitrogen and oxygen atoms in total. The minimum atomic E-state index is -0.752. The van der Waals surface area contributed by atoms with Gasteiger partial charge in [-0.1, -0.05) is 54.6 Å². The Bertz CT molecular complexity index is 1020. The van der Waals surface area contributed by atoms with Crippen molar-refractivity contribution in [2.45, 2.75) is 19.6 Å². The number of hydrogen-bond donors (Lipinski definition) is 1. The third kappa shape index (κ3) is 5.45. The van der Waals surface area contributed by atoms with Gasteiger partial charge in [-0.15, -0.1) is 0 Å². The van der Waals surface area contributed by atoms with Gasteiger partial charge in [-0.3, -0.25) is 4.79 Å². The second-order valence-corrected chi connectivity index (χ2v) is 6.58. The molecule has 0 unspecified atom stereocenters.